The van der Waals surface area contributed by atoms with E-state index >= 15 is 0 Å². The molecule has 0 aromatic heterocycles. The van der Waals surface area contributed by atoms with E-state index in [9.17, 15) is 14.4 Å². The van der Waals surface area contributed by atoms with Crippen LogP contribution >= 0.6 is 11.6 Å². The molecule has 0 N–H and O–H groups in total. The lowest BCUT2D eigenvalue weighted by molar-refractivity contribution is -0.145. The van der Waals surface area contributed by atoms with Crippen molar-refractivity contribution in [2.75, 3.05) is 6.54 Å². The lowest BCUT2D eigenvalue weighted by Crippen LogP contribution is -2.32. The highest BCUT2D eigenvalue weighted by Crippen LogP contribution is 2.22. The van der Waals surface area contributed by atoms with Gasteiger partial charge in [-0.05, 0) is 18.2 Å². The van der Waals surface area contributed by atoms with Crippen LogP contribution in [0.5, 0.6) is 0 Å². The molecule has 0 atom stereocenters. The Labute approximate surface area is 143 Å². The Balaban J connectivity index is 1.55. The van der Waals surface area contributed by atoms with Crippen LogP contribution in [0.25, 0.3) is 0 Å². The van der Waals surface area contributed by atoms with E-state index in [0.29, 0.717) is 21.7 Å². The van der Waals surface area contributed by atoms with Crippen LogP contribution < -0.4 is 0 Å². The molecule has 0 fully saturated rings. The quantitative estimate of drug-likeness (QED) is 0.618. The maximum atomic E-state index is 12.2. The Bertz CT molecular complexity index is 783. The van der Waals surface area contributed by atoms with Crippen molar-refractivity contribution in [2.45, 2.75) is 13.0 Å². The summed E-state index contributed by atoms with van der Waals surface area (Å²) in [6.45, 7) is 0.0499. The Morgan fingerprint density at radius 1 is 0.958 bits per heavy atom. The minimum atomic E-state index is -0.494. The number of benzene rings is 2. The highest BCUT2D eigenvalue weighted by molar-refractivity contribution is 6.31. The molecule has 2 aromatic rings. The molecule has 0 unspecified atom stereocenters. The van der Waals surface area contributed by atoms with Gasteiger partial charge in [0.1, 0.15) is 6.61 Å². The summed E-state index contributed by atoms with van der Waals surface area (Å²) in [4.78, 5) is 37.3. The van der Waals surface area contributed by atoms with Crippen LogP contribution in [0.3, 0.4) is 0 Å². The number of halogens is 1. The average Bonchev–Trinajstić information content (AvgIpc) is 2.84. The molecule has 2 amide bonds. The first-order valence-corrected chi connectivity index (χ1v) is 7.80. The van der Waals surface area contributed by atoms with E-state index in [2.05, 4.69) is 0 Å². The highest BCUT2D eigenvalue weighted by Gasteiger charge is 2.35. The SMILES string of the molecule is O=C(CCN1C(=O)c2ccccc2C1=O)OCc1ccccc1Cl. The first-order valence-electron chi connectivity index (χ1n) is 7.42. The smallest absolute Gasteiger partial charge is 0.307 e. The highest BCUT2D eigenvalue weighted by atomic mass is 35.5. The molecular weight excluding hydrogens is 330 g/mol. The van der Waals surface area contributed by atoms with E-state index in [1.54, 1.807) is 48.5 Å². The number of fused-ring (bicyclic) bond motifs is 1. The zero-order chi connectivity index (χ0) is 17.1. The molecule has 5 nitrogen and oxygen atoms in total. The van der Waals surface area contributed by atoms with Gasteiger partial charge in [0.15, 0.2) is 0 Å². The van der Waals surface area contributed by atoms with Crippen molar-refractivity contribution in [1.29, 1.82) is 0 Å². The lowest BCUT2D eigenvalue weighted by atomic mass is 10.1. The van der Waals surface area contributed by atoms with Crippen LogP contribution in [0.2, 0.25) is 5.02 Å². The average molecular weight is 344 g/mol. The third-order valence-electron chi connectivity index (χ3n) is 3.76. The number of carbonyl (C=O) groups excluding carboxylic acids is 3. The zero-order valence-electron chi connectivity index (χ0n) is 12.7. The van der Waals surface area contributed by atoms with E-state index in [1.807, 2.05) is 0 Å². The standard InChI is InChI=1S/C18H14ClNO4/c19-15-8-4-1-5-12(15)11-24-16(21)9-10-20-17(22)13-6-2-3-7-14(13)18(20)23/h1-8H,9-11H2. The molecule has 0 spiro atoms. The van der Waals surface area contributed by atoms with Gasteiger partial charge < -0.3 is 4.74 Å². The van der Waals surface area contributed by atoms with Gasteiger partial charge in [-0.3, -0.25) is 19.3 Å². The van der Waals surface area contributed by atoms with Gasteiger partial charge >= 0.3 is 5.97 Å². The van der Waals surface area contributed by atoms with E-state index < -0.39 is 5.97 Å². The normalized spacial score (nSPS) is 13.1. The van der Waals surface area contributed by atoms with Crippen LogP contribution in [0.15, 0.2) is 48.5 Å². The third-order valence-corrected chi connectivity index (χ3v) is 4.13. The number of rotatable bonds is 5. The van der Waals surface area contributed by atoms with Gasteiger partial charge in [0.05, 0.1) is 17.5 Å². The summed E-state index contributed by atoms with van der Waals surface area (Å²) in [5.41, 5.74) is 1.44. The first kappa shape index (κ1) is 16.2. The van der Waals surface area contributed by atoms with Crippen molar-refractivity contribution in [1.82, 2.24) is 4.90 Å². The molecular formula is C18H14ClNO4. The number of esters is 1. The van der Waals surface area contributed by atoms with Crippen molar-refractivity contribution in [3.05, 3.63) is 70.2 Å². The van der Waals surface area contributed by atoms with Crippen molar-refractivity contribution in [2.24, 2.45) is 0 Å². The molecule has 6 heteroatoms. The van der Waals surface area contributed by atoms with Gasteiger partial charge in [0.2, 0.25) is 0 Å². The zero-order valence-corrected chi connectivity index (χ0v) is 13.5. The number of imide groups is 1. The summed E-state index contributed by atoms with van der Waals surface area (Å²) in [5.74, 6) is -1.25. The van der Waals surface area contributed by atoms with Crippen LogP contribution in [-0.4, -0.2) is 29.2 Å². The maximum absolute atomic E-state index is 12.2. The van der Waals surface area contributed by atoms with Crippen molar-refractivity contribution in [3.63, 3.8) is 0 Å². The van der Waals surface area contributed by atoms with Gasteiger partial charge in [-0.15, -0.1) is 0 Å². The summed E-state index contributed by atoms with van der Waals surface area (Å²) >= 11 is 5.99. The molecule has 2 aromatic carbocycles. The minimum Gasteiger partial charge on any atom is -0.461 e. The molecule has 0 aliphatic carbocycles. The molecule has 0 saturated heterocycles. The molecule has 3 rings (SSSR count). The van der Waals surface area contributed by atoms with E-state index in [1.165, 1.54) is 0 Å². The number of amides is 2. The fourth-order valence-electron chi connectivity index (χ4n) is 2.49. The summed E-state index contributed by atoms with van der Waals surface area (Å²) in [6.07, 6.45) is -0.0596. The van der Waals surface area contributed by atoms with Gasteiger partial charge in [-0.1, -0.05) is 41.9 Å². The lowest BCUT2D eigenvalue weighted by Gasteiger charge is -2.13. The van der Waals surface area contributed by atoms with E-state index in [0.717, 1.165) is 4.90 Å². The van der Waals surface area contributed by atoms with Crippen LogP contribution in [0.4, 0.5) is 0 Å². The second-order valence-electron chi connectivity index (χ2n) is 5.31. The predicted molar refractivity (Wildman–Crippen MR) is 87.7 cm³/mol. The summed E-state index contributed by atoms with van der Waals surface area (Å²) in [5, 5.41) is 0.519. The van der Waals surface area contributed by atoms with Crippen molar-refractivity contribution >= 4 is 29.4 Å². The molecule has 1 heterocycles. The Morgan fingerprint density at radius 3 is 2.17 bits per heavy atom. The molecule has 0 radical (unpaired) electrons. The predicted octanol–water partition coefficient (Wildman–Crippen LogP) is 3.07. The van der Waals surface area contributed by atoms with Crippen LogP contribution in [-0.2, 0) is 16.1 Å². The second-order valence-corrected chi connectivity index (χ2v) is 5.72. The van der Waals surface area contributed by atoms with Crippen LogP contribution in [0.1, 0.15) is 32.7 Å². The third kappa shape index (κ3) is 3.16. The van der Waals surface area contributed by atoms with Crippen LogP contribution in [0, 0.1) is 0 Å². The fraction of sp³-hybridized carbons (Fsp3) is 0.167. The van der Waals surface area contributed by atoms with Gasteiger partial charge in [-0.2, -0.15) is 0 Å². The molecule has 122 valence electrons. The largest absolute Gasteiger partial charge is 0.461 e. The number of hydrogen-bond donors (Lipinski definition) is 0. The van der Waals surface area contributed by atoms with E-state index in [-0.39, 0.29) is 31.4 Å². The van der Waals surface area contributed by atoms with Crippen molar-refractivity contribution < 1.29 is 19.1 Å². The molecule has 0 saturated carbocycles. The van der Waals surface area contributed by atoms with Crippen molar-refractivity contribution in [3.8, 4) is 0 Å². The summed E-state index contributed by atoms with van der Waals surface area (Å²) < 4.78 is 5.14. The summed E-state index contributed by atoms with van der Waals surface area (Å²) in [7, 11) is 0. The van der Waals surface area contributed by atoms with Gasteiger partial charge in [0.25, 0.3) is 11.8 Å². The Hall–Kier alpha value is -2.66. The Morgan fingerprint density at radius 2 is 1.54 bits per heavy atom. The molecule has 0 bridgehead atoms. The maximum Gasteiger partial charge on any atom is 0.307 e. The van der Waals surface area contributed by atoms with E-state index in [4.69, 9.17) is 16.3 Å². The first-order chi connectivity index (χ1) is 11.6. The number of hydrogen-bond acceptors (Lipinski definition) is 4. The fourth-order valence-corrected chi connectivity index (χ4v) is 2.68. The second kappa shape index (κ2) is 6.84. The Kier molecular flexibility index (Phi) is 4.62. The molecule has 1 aliphatic rings. The number of carbonyl (C=O) groups is 3. The topological polar surface area (TPSA) is 63.7 Å². The van der Waals surface area contributed by atoms with Gasteiger partial charge in [0, 0.05) is 17.1 Å². The number of nitrogens with zero attached hydrogens (tertiary/aromatic N) is 1. The minimum absolute atomic E-state index is 0.00625. The molecule has 24 heavy (non-hydrogen) atoms. The summed E-state index contributed by atoms with van der Waals surface area (Å²) in [6, 6.07) is 13.7. The number of ether oxygens (including phenoxy) is 1. The molecule has 1 aliphatic heterocycles. The monoisotopic (exact) mass is 343 g/mol. The van der Waals surface area contributed by atoms with Gasteiger partial charge in [-0.25, -0.2) is 0 Å².